The Balaban J connectivity index is 2.28. The Bertz CT molecular complexity index is 795. The average molecular weight is 400 g/mol. The van der Waals surface area contributed by atoms with Gasteiger partial charge in [-0.25, -0.2) is 4.79 Å². The molecule has 0 N–H and O–H groups in total. The zero-order valence-electron chi connectivity index (χ0n) is 16.3. The van der Waals surface area contributed by atoms with Crippen molar-refractivity contribution >= 4 is 28.8 Å². The highest BCUT2D eigenvalue weighted by atomic mass is 32.2. The van der Waals surface area contributed by atoms with Gasteiger partial charge in [-0.05, 0) is 17.5 Å². The van der Waals surface area contributed by atoms with E-state index < -0.39 is 17.9 Å². The van der Waals surface area contributed by atoms with E-state index >= 15 is 0 Å². The van der Waals surface area contributed by atoms with Crippen molar-refractivity contribution in [2.75, 3.05) is 19.9 Å². The van der Waals surface area contributed by atoms with Crippen molar-refractivity contribution in [3.05, 3.63) is 71.8 Å². The van der Waals surface area contributed by atoms with Crippen molar-refractivity contribution in [2.45, 2.75) is 19.4 Å². The van der Waals surface area contributed by atoms with Crippen LogP contribution in [-0.4, -0.2) is 41.8 Å². The second kappa shape index (κ2) is 10.7. The average Bonchev–Trinajstić information content (AvgIpc) is 2.71. The summed E-state index contributed by atoms with van der Waals surface area (Å²) >= 11 is 1.12. The lowest BCUT2D eigenvalue weighted by molar-refractivity contribution is -0.153. The summed E-state index contributed by atoms with van der Waals surface area (Å²) in [5.74, 6) is -0.774. The number of hydrogen-bond donors (Lipinski definition) is 0. The number of nitrogens with zero attached hydrogens (tertiary/aromatic N) is 1. The maximum atomic E-state index is 13.3. The van der Waals surface area contributed by atoms with Crippen LogP contribution < -0.4 is 0 Å². The van der Waals surface area contributed by atoms with Crippen molar-refractivity contribution in [3.63, 3.8) is 0 Å². The summed E-state index contributed by atoms with van der Waals surface area (Å²) in [6, 6.07) is 17.9. The Morgan fingerprint density at radius 3 is 2.11 bits per heavy atom. The fraction of sp³-hybridized carbons (Fsp3) is 0.318. The van der Waals surface area contributed by atoms with E-state index in [0.29, 0.717) is 17.7 Å². The Labute approximate surface area is 170 Å². The van der Waals surface area contributed by atoms with E-state index in [0.717, 1.165) is 17.3 Å². The number of amides is 1. The number of carbonyl (C=O) groups is 3. The van der Waals surface area contributed by atoms with E-state index in [9.17, 15) is 14.4 Å². The molecule has 148 valence electrons. The lowest BCUT2D eigenvalue weighted by Gasteiger charge is -2.30. The number of rotatable bonds is 8. The van der Waals surface area contributed by atoms with Gasteiger partial charge in [-0.2, -0.15) is 0 Å². The van der Waals surface area contributed by atoms with E-state index in [2.05, 4.69) is 0 Å². The van der Waals surface area contributed by atoms with E-state index in [1.165, 1.54) is 18.9 Å². The molecule has 2 aromatic rings. The fourth-order valence-electron chi connectivity index (χ4n) is 3.01. The molecule has 5 nitrogen and oxygen atoms in total. The molecule has 0 aliphatic carbocycles. The van der Waals surface area contributed by atoms with Crippen molar-refractivity contribution < 1.29 is 19.1 Å². The molecule has 0 saturated carbocycles. The van der Waals surface area contributed by atoms with Gasteiger partial charge in [-0.1, -0.05) is 72.4 Å². The van der Waals surface area contributed by atoms with Crippen molar-refractivity contribution in [1.82, 2.24) is 4.90 Å². The smallest absolute Gasteiger partial charge is 0.333 e. The highest BCUT2D eigenvalue weighted by Crippen LogP contribution is 2.25. The van der Waals surface area contributed by atoms with Gasteiger partial charge in [0, 0.05) is 19.7 Å². The van der Waals surface area contributed by atoms with Crippen LogP contribution in [-0.2, 0) is 25.5 Å². The third-order valence-corrected chi connectivity index (χ3v) is 5.41. The number of likely N-dealkylation sites (N-methyl/N-ethyl adjacent to an activating group) is 1. The third kappa shape index (κ3) is 5.96. The van der Waals surface area contributed by atoms with Crippen LogP contribution in [0.2, 0.25) is 0 Å². The molecule has 0 aliphatic rings. The minimum Gasteiger partial charge on any atom is -0.467 e. The van der Waals surface area contributed by atoms with Crippen LogP contribution in [0.3, 0.4) is 0 Å². The highest BCUT2D eigenvalue weighted by Gasteiger charge is 2.33. The van der Waals surface area contributed by atoms with Gasteiger partial charge in [0.05, 0.1) is 13.0 Å². The molecule has 6 heteroatoms. The Kier molecular flexibility index (Phi) is 8.26. The SMILES string of the molecule is COC(=O)[C@H](c1ccccc1)N(C)C(=O)C(CSC(C)=O)Cc1ccccc1. The standard InChI is InChI=1S/C22H25NO4S/c1-16(24)28-15-19(14-17-10-6-4-7-11-17)21(25)23(2)20(22(26)27-3)18-12-8-5-9-13-18/h4-13,19-20H,14-15H2,1-3H3/t19?,20-/m0/s1. The first-order valence-corrected chi connectivity index (χ1v) is 9.99. The van der Waals surface area contributed by atoms with Crippen molar-refractivity contribution in [2.24, 2.45) is 5.92 Å². The number of thioether (sulfide) groups is 1. The first-order valence-electron chi connectivity index (χ1n) is 9.00. The zero-order chi connectivity index (χ0) is 20.5. The number of carbonyl (C=O) groups excluding carboxylic acids is 3. The van der Waals surface area contributed by atoms with E-state index in [1.807, 2.05) is 48.5 Å². The van der Waals surface area contributed by atoms with Crippen molar-refractivity contribution in [1.29, 1.82) is 0 Å². The molecule has 1 amide bonds. The Morgan fingerprint density at radius 2 is 1.57 bits per heavy atom. The molecule has 0 heterocycles. The summed E-state index contributed by atoms with van der Waals surface area (Å²) in [4.78, 5) is 38.6. The van der Waals surface area contributed by atoms with Crippen LogP contribution in [0, 0.1) is 5.92 Å². The second-order valence-corrected chi connectivity index (χ2v) is 7.67. The molecule has 1 unspecified atom stereocenters. The molecule has 0 fully saturated rings. The molecule has 2 atom stereocenters. The molecule has 2 rings (SSSR count). The summed E-state index contributed by atoms with van der Waals surface area (Å²) in [7, 11) is 2.91. The number of hydrogen-bond acceptors (Lipinski definition) is 5. The molecule has 0 aromatic heterocycles. The molecule has 0 spiro atoms. The fourth-order valence-corrected chi connectivity index (χ4v) is 3.71. The van der Waals surface area contributed by atoms with Crippen LogP contribution in [0.5, 0.6) is 0 Å². The van der Waals surface area contributed by atoms with Gasteiger partial charge >= 0.3 is 5.97 Å². The predicted molar refractivity (Wildman–Crippen MR) is 111 cm³/mol. The Hall–Kier alpha value is -2.60. The monoisotopic (exact) mass is 399 g/mol. The summed E-state index contributed by atoms with van der Waals surface area (Å²) in [5, 5.41) is -0.0407. The van der Waals surface area contributed by atoms with Crippen LogP contribution in [0.15, 0.2) is 60.7 Å². The first-order chi connectivity index (χ1) is 13.4. The van der Waals surface area contributed by atoms with E-state index in [-0.39, 0.29) is 11.0 Å². The molecule has 28 heavy (non-hydrogen) atoms. The lowest BCUT2D eigenvalue weighted by atomic mass is 9.98. The lowest BCUT2D eigenvalue weighted by Crippen LogP contribution is -2.41. The van der Waals surface area contributed by atoms with Gasteiger partial charge in [0.2, 0.25) is 5.91 Å². The minimum atomic E-state index is -0.834. The maximum absolute atomic E-state index is 13.3. The summed E-state index contributed by atoms with van der Waals surface area (Å²) < 4.78 is 4.94. The normalized spacial score (nSPS) is 12.7. The maximum Gasteiger partial charge on any atom is 0.333 e. The van der Waals surface area contributed by atoms with E-state index in [1.54, 1.807) is 19.2 Å². The number of benzene rings is 2. The van der Waals surface area contributed by atoms with Gasteiger partial charge in [0.15, 0.2) is 11.2 Å². The van der Waals surface area contributed by atoms with Crippen LogP contribution >= 0.6 is 11.8 Å². The molecule has 0 bridgehead atoms. The molecular weight excluding hydrogens is 374 g/mol. The van der Waals surface area contributed by atoms with Gasteiger partial charge < -0.3 is 9.64 Å². The molecule has 0 radical (unpaired) electrons. The highest BCUT2D eigenvalue weighted by molar-refractivity contribution is 8.13. The zero-order valence-corrected chi connectivity index (χ0v) is 17.1. The Morgan fingerprint density at radius 1 is 1.00 bits per heavy atom. The van der Waals surface area contributed by atoms with Gasteiger partial charge in [-0.3, -0.25) is 9.59 Å². The molecule has 0 saturated heterocycles. The van der Waals surface area contributed by atoms with Crippen molar-refractivity contribution in [3.8, 4) is 0 Å². The quantitative estimate of drug-likeness (QED) is 0.636. The van der Waals surface area contributed by atoms with Crippen LogP contribution in [0.4, 0.5) is 0 Å². The minimum absolute atomic E-state index is 0.0407. The van der Waals surface area contributed by atoms with Gasteiger partial charge in [-0.15, -0.1) is 0 Å². The summed E-state index contributed by atoms with van der Waals surface area (Å²) in [6.07, 6.45) is 0.493. The largest absolute Gasteiger partial charge is 0.467 e. The summed E-state index contributed by atoms with van der Waals surface area (Å²) in [5.41, 5.74) is 1.69. The molecule has 2 aromatic carbocycles. The second-order valence-electron chi connectivity index (χ2n) is 6.47. The molecule has 0 aliphatic heterocycles. The molecular formula is C22H25NO4S. The van der Waals surface area contributed by atoms with Crippen LogP contribution in [0.25, 0.3) is 0 Å². The van der Waals surface area contributed by atoms with E-state index in [4.69, 9.17) is 4.74 Å². The third-order valence-electron chi connectivity index (χ3n) is 4.44. The number of methoxy groups -OCH3 is 1. The number of ether oxygens (including phenoxy) is 1. The first kappa shape index (κ1) is 21.7. The van der Waals surface area contributed by atoms with Gasteiger partial charge in [0.1, 0.15) is 0 Å². The predicted octanol–water partition coefficient (Wildman–Crippen LogP) is 3.50. The number of esters is 1. The van der Waals surface area contributed by atoms with Crippen LogP contribution in [0.1, 0.15) is 24.1 Å². The topological polar surface area (TPSA) is 63.7 Å². The summed E-state index contributed by atoms with van der Waals surface area (Å²) in [6.45, 7) is 1.49. The van der Waals surface area contributed by atoms with Gasteiger partial charge in [0.25, 0.3) is 0 Å².